The molecule has 0 amide bonds. The number of hydrogen-bond donors (Lipinski definition) is 1. The summed E-state index contributed by atoms with van der Waals surface area (Å²) in [5, 5.41) is 18.4. The van der Waals surface area contributed by atoms with E-state index >= 15 is 0 Å². The van der Waals surface area contributed by atoms with Crippen LogP contribution in [0.1, 0.15) is 53.4 Å². The van der Waals surface area contributed by atoms with Gasteiger partial charge < -0.3 is 5.11 Å². The number of aliphatic hydroxyl groups excluding tert-OH is 1. The normalized spacial score (nSPS) is 15.2. The number of nitrogens with zero attached hydrogens (tertiary/aromatic N) is 1. The molecule has 3 aromatic carbocycles. The van der Waals surface area contributed by atoms with Crippen molar-refractivity contribution in [3.8, 4) is 22.4 Å². The van der Waals surface area contributed by atoms with Gasteiger partial charge in [-0.3, -0.25) is 9.78 Å². The standard InChI is InChI=1S/C25H22NSi2.C13H24O2.Ir/c1-27(2)19-10-7-11-20-23(19)24-21(27)12-13-26-25(24)18-14-16-8-5-6-9-17(16)15-22(18)28(20,3)4;1-5-10(6-2)12(14)9-13(15)11(7-3)8-4;/h5-13,15H,1-4H3;9-11,14H,5-8H2,1-4H3;/q-1;;/b;12-9-;. The van der Waals surface area contributed by atoms with Gasteiger partial charge in [0.05, 0.1) is 13.8 Å². The number of pyridine rings is 1. The van der Waals surface area contributed by atoms with Crippen LogP contribution in [0.2, 0.25) is 26.2 Å². The van der Waals surface area contributed by atoms with Gasteiger partial charge in [0.25, 0.3) is 0 Å². The van der Waals surface area contributed by atoms with E-state index in [1.54, 1.807) is 15.6 Å². The molecule has 0 spiro atoms. The largest absolute Gasteiger partial charge is 0.512 e. The molecule has 6 rings (SSSR count). The smallest absolute Gasteiger partial charge is 0.162 e. The number of carbonyl (C=O) groups is 1. The molecule has 2 aliphatic heterocycles. The molecule has 3 nitrogen and oxygen atoms in total. The van der Waals surface area contributed by atoms with Crippen molar-refractivity contribution in [2.75, 3.05) is 0 Å². The molecule has 4 aromatic rings. The molecule has 0 bridgehead atoms. The van der Waals surface area contributed by atoms with Crippen LogP contribution in [0, 0.1) is 17.9 Å². The number of allylic oxidation sites excluding steroid dienone is 2. The van der Waals surface area contributed by atoms with E-state index in [2.05, 4.69) is 86.9 Å². The van der Waals surface area contributed by atoms with Crippen LogP contribution in [-0.4, -0.2) is 32.0 Å². The van der Waals surface area contributed by atoms with Gasteiger partial charge in [0, 0.05) is 49.9 Å². The quantitative estimate of drug-likeness (QED) is 0.0913. The summed E-state index contributed by atoms with van der Waals surface area (Å²) in [6.07, 6.45) is 6.94. The zero-order valence-corrected chi connectivity index (χ0v) is 31.9. The van der Waals surface area contributed by atoms with Gasteiger partial charge in [0.2, 0.25) is 0 Å². The minimum absolute atomic E-state index is 0. The molecular formula is C38H46IrNO2Si2-. The Morgan fingerprint density at radius 1 is 0.795 bits per heavy atom. The first-order valence-electron chi connectivity index (χ1n) is 16.0. The molecule has 1 radical (unpaired) electrons. The molecule has 0 atom stereocenters. The number of ketones is 1. The number of fused-ring (bicyclic) bond motifs is 3. The summed E-state index contributed by atoms with van der Waals surface area (Å²) in [5.74, 6) is 0.547. The van der Waals surface area contributed by atoms with Crippen LogP contribution in [-0.2, 0) is 24.9 Å². The van der Waals surface area contributed by atoms with E-state index in [9.17, 15) is 9.90 Å². The van der Waals surface area contributed by atoms with E-state index in [1.807, 2.05) is 33.9 Å². The topological polar surface area (TPSA) is 50.2 Å². The predicted octanol–water partition coefficient (Wildman–Crippen LogP) is 7.51. The molecule has 1 N–H and O–H groups in total. The maximum atomic E-state index is 11.7. The van der Waals surface area contributed by atoms with Crippen molar-refractivity contribution in [2.24, 2.45) is 11.8 Å². The van der Waals surface area contributed by atoms with E-state index in [0.29, 0.717) is 0 Å². The third-order valence-corrected chi connectivity index (χ3v) is 17.1. The number of aromatic nitrogens is 1. The summed E-state index contributed by atoms with van der Waals surface area (Å²) >= 11 is 0. The van der Waals surface area contributed by atoms with E-state index in [1.165, 1.54) is 38.7 Å². The fourth-order valence-corrected chi connectivity index (χ4v) is 13.4. The van der Waals surface area contributed by atoms with Crippen LogP contribution in [0.25, 0.3) is 33.2 Å². The Morgan fingerprint density at radius 2 is 1.36 bits per heavy atom. The van der Waals surface area contributed by atoms with Gasteiger partial charge in [-0.05, 0) is 48.1 Å². The van der Waals surface area contributed by atoms with Gasteiger partial charge in [-0.2, -0.15) is 0 Å². The van der Waals surface area contributed by atoms with Crippen LogP contribution in [0.3, 0.4) is 0 Å². The molecule has 0 fully saturated rings. The first-order valence-corrected chi connectivity index (χ1v) is 22.0. The van der Waals surface area contributed by atoms with Crippen LogP contribution in [0.15, 0.2) is 72.6 Å². The Balaban J connectivity index is 0.000000239. The van der Waals surface area contributed by atoms with Crippen molar-refractivity contribution in [3.63, 3.8) is 0 Å². The predicted molar refractivity (Wildman–Crippen MR) is 189 cm³/mol. The Bertz CT molecular complexity index is 1720. The second-order valence-electron chi connectivity index (χ2n) is 13.2. The fraction of sp³-hybridized carbons (Fsp3) is 0.368. The minimum atomic E-state index is -1.91. The van der Waals surface area contributed by atoms with Crippen LogP contribution in [0.5, 0.6) is 0 Å². The van der Waals surface area contributed by atoms with Crippen molar-refractivity contribution in [3.05, 3.63) is 78.7 Å². The molecule has 6 heteroatoms. The molecule has 0 saturated carbocycles. The van der Waals surface area contributed by atoms with Crippen molar-refractivity contribution in [2.45, 2.75) is 79.6 Å². The van der Waals surface area contributed by atoms with Crippen LogP contribution < -0.4 is 20.7 Å². The van der Waals surface area contributed by atoms with E-state index in [0.717, 1.165) is 31.4 Å². The summed E-state index contributed by atoms with van der Waals surface area (Å²) in [7, 11) is -3.60. The fourth-order valence-electron chi connectivity index (χ4n) is 7.20. The molecule has 0 unspecified atom stereocenters. The maximum absolute atomic E-state index is 11.7. The van der Waals surface area contributed by atoms with Crippen molar-refractivity contribution in [1.82, 2.24) is 4.98 Å². The third-order valence-electron chi connectivity index (χ3n) is 10.1. The molecule has 0 saturated heterocycles. The first-order chi connectivity index (χ1) is 20.5. The molecule has 233 valence electrons. The SMILES string of the molecule is CCC(CC)C(=O)/C=C(\O)C(CC)CC.C[Si]1(C)c2cc3ccccc3[c-]c2-c2nccc3c2-c2c1cccc2[Si]3(C)C.[Ir]. The summed E-state index contributed by atoms with van der Waals surface area (Å²) in [6, 6.07) is 24.2. The summed E-state index contributed by atoms with van der Waals surface area (Å²) < 4.78 is 0. The molecule has 0 aliphatic carbocycles. The molecule has 3 heterocycles. The molecule has 44 heavy (non-hydrogen) atoms. The second kappa shape index (κ2) is 13.4. The zero-order chi connectivity index (χ0) is 31.1. The maximum Gasteiger partial charge on any atom is 0.162 e. The van der Waals surface area contributed by atoms with Crippen molar-refractivity contribution >= 4 is 53.5 Å². The number of benzene rings is 3. The summed E-state index contributed by atoms with van der Waals surface area (Å²) in [5.41, 5.74) is 5.32. The van der Waals surface area contributed by atoms with Gasteiger partial charge in [-0.15, -0.1) is 28.8 Å². The van der Waals surface area contributed by atoms with Crippen LogP contribution in [0.4, 0.5) is 0 Å². The average Bonchev–Trinajstić information content (AvgIpc) is 3.20. The number of aliphatic hydroxyl groups is 1. The Labute approximate surface area is 279 Å². The van der Waals surface area contributed by atoms with Gasteiger partial charge >= 0.3 is 0 Å². The summed E-state index contributed by atoms with van der Waals surface area (Å²) in [6.45, 7) is 18.1. The Hall–Kier alpha value is -2.64. The second-order valence-corrected chi connectivity index (χ2v) is 21.9. The third kappa shape index (κ3) is 5.75. The van der Waals surface area contributed by atoms with E-state index in [4.69, 9.17) is 4.98 Å². The number of rotatable bonds is 7. The van der Waals surface area contributed by atoms with Crippen molar-refractivity contribution in [1.29, 1.82) is 0 Å². The van der Waals surface area contributed by atoms with Gasteiger partial charge in [-0.25, -0.2) is 0 Å². The summed E-state index contributed by atoms with van der Waals surface area (Å²) in [4.78, 5) is 16.7. The van der Waals surface area contributed by atoms with Gasteiger partial charge in [0.15, 0.2) is 5.78 Å². The van der Waals surface area contributed by atoms with Gasteiger partial charge in [-0.1, -0.05) is 112 Å². The van der Waals surface area contributed by atoms with Gasteiger partial charge in [0.1, 0.15) is 8.07 Å². The average molecular weight is 797 g/mol. The first kappa shape index (κ1) is 34.2. The molecule has 2 aliphatic rings. The Kier molecular flexibility index (Phi) is 10.4. The Morgan fingerprint density at radius 3 is 1.98 bits per heavy atom. The molecule has 1 aromatic heterocycles. The van der Waals surface area contributed by atoms with Crippen LogP contribution >= 0.6 is 0 Å². The minimum Gasteiger partial charge on any atom is -0.512 e. The monoisotopic (exact) mass is 797 g/mol. The number of carbonyl (C=O) groups excluding carboxylic acids is 1. The zero-order valence-electron chi connectivity index (χ0n) is 27.5. The van der Waals surface area contributed by atoms with Crippen molar-refractivity contribution < 1.29 is 30.0 Å². The number of hydrogen-bond acceptors (Lipinski definition) is 3. The molecular weight excluding hydrogens is 751 g/mol. The van der Waals surface area contributed by atoms with E-state index < -0.39 is 16.1 Å². The van der Waals surface area contributed by atoms with E-state index in [-0.39, 0.29) is 43.5 Å².